The van der Waals surface area contributed by atoms with Crippen molar-refractivity contribution in [1.29, 1.82) is 0 Å². The summed E-state index contributed by atoms with van der Waals surface area (Å²) < 4.78 is 10.3. The lowest BCUT2D eigenvalue weighted by atomic mass is 10.0. The zero-order valence-corrected chi connectivity index (χ0v) is 11.6. The molecule has 1 heterocycles. The number of aromatic nitrogens is 1. The van der Waals surface area contributed by atoms with Crippen LogP contribution in [0.5, 0.6) is 0 Å². The van der Waals surface area contributed by atoms with Gasteiger partial charge in [0.15, 0.2) is 5.76 Å². The monoisotopic (exact) mass is 259 g/mol. The summed E-state index contributed by atoms with van der Waals surface area (Å²) in [5.74, 6) is 0.0773. The van der Waals surface area contributed by atoms with Gasteiger partial charge in [-0.05, 0) is 44.9 Å². The van der Waals surface area contributed by atoms with E-state index in [1.165, 1.54) is 5.56 Å². The third-order valence-corrected chi connectivity index (χ3v) is 3.11. The van der Waals surface area contributed by atoms with Crippen LogP contribution in [0.4, 0.5) is 0 Å². The Morgan fingerprint density at radius 2 is 2.00 bits per heavy atom. The molecule has 0 amide bonds. The SMILES string of the molecule is CCOC(=O)c1c(C)noc1-c1ccc(C)c(C)c1. The summed E-state index contributed by atoms with van der Waals surface area (Å²) in [6.07, 6.45) is 0. The van der Waals surface area contributed by atoms with E-state index >= 15 is 0 Å². The quantitative estimate of drug-likeness (QED) is 0.792. The van der Waals surface area contributed by atoms with Crippen molar-refractivity contribution in [2.24, 2.45) is 0 Å². The molecule has 0 fully saturated rings. The molecule has 4 heteroatoms. The lowest BCUT2D eigenvalue weighted by Gasteiger charge is -2.05. The number of hydrogen-bond acceptors (Lipinski definition) is 4. The Labute approximate surface area is 112 Å². The van der Waals surface area contributed by atoms with Crippen LogP contribution in [-0.4, -0.2) is 17.7 Å². The minimum Gasteiger partial charge on any atom is -0.462 e. The molecule has 0 saturated heterocycles. The fraction of sp³-hybridized carbons (Fsp3) is 0.333. The van der Waals surface area contributed by atoms with Crippen LogP contribution in [0.1, 0.15) is 34.1 Å². The van der Waals surface area contributed by atoms with Crippen molar-refractivity contribution in [2.75, 3.05) is 6.61 Å². The normalized spacial score (nSPS) is 10.5. The van der Waals surface area contributed by atoms with Crippen molar-refractivity contribution in [3.63, 3.8) is 0 Å². The van der Waals surface area contributed by atoms with E-state index in [1.54, 1.807) is 13.8 Å². The summed E-state index contributed by atoms with van der Waals surface area (Å²) in [7, 11) is 0. The summed E-state index contributed by atoms with van der Waals surface area (Å²) in [6.45, 7) is 7.90. The Bertz CT molecular complexity index is 614. The Balaban J connectivity index is 2.50. The Morgan fingerprint density at radius 3 is 2.63 bits per heavy atom. The smallest absolute Gasteiger partial charge is 0.344 e. The second-order valence-electron chi connectivity index (χ2n) is 4.49. The van der Waals surface area contributed by atoms with Gasteiger partial charge >= 0.3 is 5.97 Å². The van der Waals surface area contributed by atoms with Gasteiger partial charge in [0.25, 0.3) is 0 Å². The van der Waals surface area contributed by atoms with Crippen molar-refractivity contribution in [2.45, 2.75) is 27.7 Å². The summed E-state index contributed by atoms with van der Waals surface area (Å²) in [6, 6.07) is 5.90. The molecule has 1 aromatic carbocycles. The number of benzene rings is 1. The minimum atomic E-state index is -0.394. The molecule has 2 aromatic rings. The number of hydrogen-bond donors (Lipinski definition) is 0. The first-order valence-electron chi connectivity index (χ1n) is 6.25. The maximum absolute atomic E-state index is 12.0. The standard InChI is InChI=1S/C15H17NO3/c1-5-18-15(17)13-11(4)16-19-14(13)12-7-6-9(2)10(3)8-12/h6-8H,5H2,1-4H3. The molecular weight excluding hydrogens is 242 g/mol. The van der Waals surface area contributed by atoms with E-state index in [9.17, 15) is 4.79 Å². The van der Waals surface area contributed by atoms with Gasteiger partial charge in [0.2, 0.25) is 0 Å². The van der Waals surface area contributed by atoms with Crippen LogP contribution < -0.4 is 0 Å². The van der Waals surface area contributed by atoms with Crippen LogP contribution in [0.2, 0.25) is 0 Å². The van der Waals surface area contributed by atoms with Crippen LogP contribution in [0, 0.1) is 20.8 Å². The number of carbonyl (C=O) groups is 1. The van der Waals surface area contributed by atoms with E-state index in [0.717, 1.165) is 11.1 Å². The van der Waals surface area contributed by atoms with Crippen molar-refractivity contribution in [3.8, 4) is 11.3 Å². The Morgan fingerprint density at radius 1 is 1.26 bits per heavy atom. The molecule has 1 aromatic heterocycles. The first kappa shape index (κ1) is 13.3. The highest BCUT2D eigenvalue weighted by Gasteiger charge is 2.22. The number of rotatable bonds is 3. The van der Waals surface area contributed by atoms with Crippen molar-refractivity contribution in [3.05, 3.63) is 40.6 Å². The third-order valence-electron chi connectivity index (χ3n) is 3.11. The van der Waals surface area contributed by atoms with Gasteiger partial charge in [0.1, 0.15) is 5.56 Å². The van der Waals surface area contributed by atoms with Crippen molar-refractivity contribution in [1.82, 2.24) is 5.16 Å². The van der Waals surface area contributed by atoms with Crippen molar-refractivity contribution >= 4 is 5.97 Å². The first-order valence-corrected chi connectivity index (χ1v) is 6.25. The molecule has 0 aliphatic heterocycles. The molecule has 19 heavy (non-hydrogen) atoms. The van der Waals surface area contributed by atoms with E-state index in [1.807, 2.05) is 32.0 Å². The third kappa shape index (κ3) is 2.52. The lowest BCUT2D eigenvalue weighted by Crippen LogP contribution is -2.06. The zero-order valence-electron chi connectivity index (χ0n) is 11.6. The number of esters is 1. The number of carbonyl (C=O) groups excluding carboxylic acids is 1. The maximum Gasteiger partial charge on any atom is 0.344 e. The highest BCUT2D eigenvalue weighted by molar-refractivity contribution is 5.96. The highest BCUT2D eigenvalue weighted by atomic mass is 16.5. The summed E-state index contributed by atoms with van der Waals surface area (Å²) in [5.41, 5.74) is 4.13. The zero-order chi connectivity index (χ0) is 14.0. The van der Waals surface area contributed by atoms with Gasteiger partial charge in [-0.2, -0.15) is 0 Å². The van der Waals surface area contributed by atoms with Crippen LogP contribution in [0.25, 0.3) is 11.3 Å². The molecule has 0 radical (unpaired) electrons. The molecule has 100 valence electrons. The van der Waals surface area contributed by atoms with Crippen LogP contribution in [-0.2, 0) is 4.74 Å². The van der Waals surface area contributed by atoms with Gasteiger partial charge in [0, 0.05) is 5.56 Å². The average molecular weight is 259 g/mol. The van der Waals surface area contributed by atoms with Crippen LogP contribution >= 0.6 is 0 Å². The first-order chi connectivity index (χ1) is 9.04. The molecule has 0 aliphatic carbocycles. The Kier molecular flexibility index (Phi) is 3.69. The van der Waals surface area contributed by atoms with E-state index in [2.05, 4.69) is 5.16 Å². The molecule has 2 rings (SSSR count). The van der Waals surface area contributed by atoms with E-state index in [0.29, 0.717) is 23.6 Å². The summed E-state index contributed by atoms with van der Waals surface area (Å²) in [4.78, 5) is 12.0. The van der Waals surface area contributed by atoms with E-state index in [4.69, 9.17) is 9.26 Å². The van der Waals surface area contributed by atoms with E-state index < -0.39 is 5.97 Å². The average Bonchev–Trinajstić information content (AvgIpc) is 2.75. The summed E-state index contributed by atoms with van der Waals surface area (Å²) >= 11 is 0. The molecule has 0 bridgehead atoms. The topological polar surface area (TPSA) is 52.3 Å². The highest BCUT2D eigenvalue weighted by Crippen LogP contribution is 2.28. The predicted octanol–water partition coefficient (Wildman–Crippen LogP) is 3.44. The molecule has 0 spiro atoms. The minimum absolute atomic E-state index is 0.329. The van der Waals surface area contributed by atoms with Gasteiger partial charge in [0.05, 0.1) is 12.3 Å². The van der Waals surface area contributed by atoms with Gasteiger partial charge in [-0.3, -0.25) is 0 Å². The van der Waals surface area contributed by atoms with Crippen LogP contribution in [0.15, 0.2) is 22.7 Å². The number of nitrogens with zero attached hydrogens (tertiary/aromatic N) is 1. The second-order valence-corrected chi connectivity index (χ2v) is 4.49. The van der Waals surface area contributed by atoms with Gasteiger partial charge in [-0.1, -0.05) is 17.3 Å². The maximum atomic E-state index is 12.0. The van der Waals surface area contributed by atoms with Crippen molar-refractivity contribution < 1.29 is 14.1 Å². The molecule has 0 aliphatic rings. The number of ether oxygens (including phenoxy) is 1. The molecular formula is C15H17NO3. The summed E-state index contributed by atoms with van der Waals surface area (Å²) in [5, 5.41) is 3.87. The molecule has 0 atom stereocenters. The van der Waals surface area contributed by atoms with Gasteiger partial charge in [-0.15, -0.1) is 0 Å². The lowest BCUT2D eigenvalue weighted by molar-refractivity contribution is 0.0526. The van der Waals surface area contributed by atoms with Crippen LogP contribution in [0.3, 0.4) is 0 Å². The molecule has 0 unspecified atom stereocenters. The predicted molar refractivity (Wildman–Crippen MR) is 72.1 cm³/mol. The fourth-order valence-electron chi connectivity index (χ4n) is 1.89. The fourth-order valence-corrected chi connectivity index (χ4v) is 1.89. The molecule has 4 nitrogen and oxygen atoms in total. The largest absolute Gasteiger partial charge is 0.462 e. The molecule has 0 saturated carbocycles. The van der Waals surface area contributed by atoms with Gasteiger partial charge < -0.3 is 9.26 Å². The Hall–Kier alpha value is -2.10. The second kappa shape index (κ2) is 5.26. The number of aryl methyl sites for hydroxylation is 3. The van der Waals surface area contributed by atoms with Gasteiger partial charge in [-0.25, -0.2) is 4.79 Å². The molecule has 0 N–H and O–H groups in total. The van der Waals surface area contributed by atoms with E-state index in [-0.39, 0.29) is 0 Å².